The molecule has 6 rings (SSSR count). The summed E-state index contributed by atoms with van der Waals surface area (Å²) in [7, 11) is 2.73. The number of carbonyl (C=O) groups excluding carboxylic acids is 3. The van der Waals surface area contributed by atoms with Crippen LogP contribution in [-0.2, 0) is 25.5 Å². The number of carbonyl (C=O) groups is 3. The average molecular weight is 734 g/mol. The fourth-order valence-corrected chi connectivity index (χ4v) is 7.39. The maximum absolute atomic E-state index is 15.6. The summed E-state index contributed by atoms with van der Waals surface area (Å²) in [5, 5.41) is 12.5. The van der Waals surface area contributed by atoms with Gasteiger partial charge in [-0.05, 0) is 67.0 Å². The molecule has 1 fully saturated rings. The summed E-state index contributed by atoms with van der Waals surface area (Å²) < 4.78 is 31.8. The molecular formula is C39H52FN7O6. The number of hydrogen-bond acceptors (Lipinski definition) is 10. The normalized spacial score (nSPS) is 21.2. The highest BCUT2D eigenvalue weighted by atomic mass is 19.1. The lowest BCUT2D eigenvalue weighted by molar-refractivity contribution is -0.134. The predicted molar refractivity (Wildman–Crippen MR) is 199 cm³/mol. The molecule has 0 spiro atoms. The van der Waals surface area contributed by atoms with Crippen LogP contribution in [0.15, 0.2) is 40.3 Å². The third kappa shape index (κ3) is 9.09. The Morgan fingerprint density at radius 2 is 1.87 bits per heavy atom. The number of methoxy groups -OCH3 is 2. The summed E-state index contributed by atoms with van der Waals surface area (Å²) in [6.07, 6.45) is 5.46. The minimum atomic E-state index is -0.864. The van der Waals surface area contributed by atoms with Crippen LogP contribution in [0.25, 0.3) is 0 Å². The van der Waals surface area contributed by atoms with Crippen molar-refractivity contribution < 1.29 is 33.0 Å². The molecule has 53 heavy (non-hydrogen) atoms. The number of aliphatic imine (C=N–C) groups is 2. The zero-order valence-electron chi connectivity index (χ0n) is 31.1. The molecule has 0 bridgehead atoms. The molecule has 5 atom stereocenters. The summed E-state index contributed by atoms with van der Waals surface area (Å²) in [6, 6.07) is 7.99. The number of alkyl carbamates (subject to hydrolysis) is 1. The van der Waals surface area contributed by atoms with Crippen LogP contribution in [0, 0.1) is 11.7 Å². The Balaban J connectivity index is 1.01. The van der Waals surface area contributed by atoms with E-state index < -0.39 is 12.1 Å². The highest BCUT2D eigenvalue weighted by Crippen LogP contribution is 2.40. The van der Waals surface area contributed by atoms with Crippen molar-refractivity contribution in [3.05, 3.63) is 58.4 Å². The summed E-state index contributed by atoms with van der Waals surface area (Å²) in [5.74, 6) is 2.96. The molecule has 4 N–H and O–H groups in total. The Kier molecular flexibility index (Phi) is 12.5. The van der Waals surface area contributed by atoms with Crippen LogP contribution in [0.4, 0.5) is 9.18 Å². The predicted octanol–water partition coefficient (Wildman–Crippen LogP) is 4.69. The van der Waals surface area contributed by atoms with Crippen LogP contribution < -0.4 is 26.0 Å². The molecule has 1 saturated heterocycles. The monoisotopic (exact) mass is 733 g/mol. The van der Waals surface area contributed by atoms with Crippen LogP contribution >= 0.6 is 0 Å². The number of benzene rings is 2. The molecule has 2 unspecified atom stereocenters. The van der Waals surface area contributed by atoms with E-state index in [0.717, 1.165) is 72.6 Å². The van der Waals surface area contributed by atoms with E-state index >= 15 is 4.39 Å². The van der Waals surface area contributed by atoms with Gasteiger partial charge in [0.15, 0.2) is 0 Å². The third-order valence-electron chi connectivity index (χ3n) is 10.6. The fourth-order valence-electron chi connectivity index (χ4n) is 7.39. The summed E-state index contributed by atoms with van der Waals surface area (Å²) in [5.41, 5.74) is 3.31. The van der Waals surface area contributed by atoms with E-state index in [-0.39, 0.29) is 42.4 Å². The molecule has 2 aromatic carbocycles. The Hall–Kier alpha value is -4.72. The van der Waals surface area contributed by atoms with Gasteiger partial charge in [-0.25, -0.2) is 9.18 Å². The smallest absolute Gasteiger partial charge is 0.407 e. The Labute approximate surface area is 310 Å². The van der Waals surface area contributed by atoms with Crippen molar-refractivity contribution in [2.24, 2.45) is 15.9 Å². The minimum Gasteiger partial charge on any atom is -0.457 e. The van der Waals surface area contributed by atoms with E-state index in [1.807, 2.05) is 12.1 Å². The molecule has 0 aliphatic carbocycles. The number of amides is 3. The van der Waals surface area contributed by atoms with Gasteiger partial charge >= 0.3 is 6.09 Å². The van der Waals surface area contributed by atoms with E-state index in [4.69, 9.17) is 19.2 Å². The van der Waals surface area contributed by atoms with Gasteiger partial charge in [0, 0.05) is 50.6 Å². The van der Waals surface area contributed by atoms with Crippen molar-refractivity contribution in [1.82, 2.24) is 26.2 Å². The van der Waals surface area contributed by atoms with Crippen molar-refractivity contribution in [3.8, 4) is 11.5 Å². The van der Waals surface area contributed by atoms with Crippen LogP contribution in [0.5, 0.6) is 11.5 Å². The molecule has 2 aromatic rings. The van der Waals surface area contributed by atoms with E-state index in [1.54, 1.807) is 17.0 Å². The minimum absolute atomic E-state index is 0.0286. The second-order valence-electron chi connectivity index (χ2n) is 14.4. The highest BCUT2D eigenvalue weighted by Gasteiger charge is 2.39. The largest absolute Gasteiger partial charge is 0.457 e. The topological polar surface area (TPSA) is 155 Å². The van der Waals surface area contributed by atoms with Crippen LogP contribution in [-0.4, -0.2) is 93.6 Å². The van der Waals surface area contributed by atoms with Crippen molar-refractivity contribution in [3.63, 3.8) is 0 Å². The van der Waals surface area contributed by atoms with Gasteiger partial charge in [-0.3, -0.25) is 19.6 Å². The second-order valence-corrected chi connectivity index (χ2v) is 14.4. The number of ether oxygens (including phenoxy) is 3. The zero-order chi connectivity index (χ0) is 37.5. The number of rotatable bonds is 15. The van der Waals surface area contributed by atoms with Gasteiger partial charge in [0.25, 0.3) is 0 Å². The van der Waals surface area contributed by atoms with Gasteiger partial charge < -0.3 is 40.4 Å². The lowest BCUT2D eigenvalue weighted by Gasteiger charge is -2.29. The Morgan fingerprint density at radius 1 is 1.06 bits per heavy atom. The summed E-state index contributed by atoms with van der Waals surface area (Å²) in [6.45, 7) is 6.37. The molecule has 14 heteroatoms. The van der Waals surface area contributed by atoms with Crippen molar-refractivity contribution in [1.29, 1.82) is 0 Å². The maximum Gasteiger partial charge on any atom is 0.407 e. The van der Waals surface area contributed by atoms with Crippen molar-refractivity contribution in [2.45, 2.75) is 89.4 Å². The Morgan fingerprint density at radius 3 is 2.66 bits per heavy atom. The highest BCUT2D eigenvalue weighted by molar-refractivity contribution is 5.95. The molecule has 13 nitrogen and oxygen atoms in total. The third-order valence-corrected chi connectivity index (χ3v) is 10.6. The standard InChI is InChI=1S/C39H52FN7O6/c1-5-23(2)15-36(48)41-13-7-6-10-35-42-21-30(44-35)27-19-34-26(18-28(27)40)17-25-16-24(11-12-33(25)53-34)29-20-43-37(45-29)32-9-8-14-47(32)38(49)31(22-51-3)46-39(50)52-4/h11-12,16,18-19,23,29-32H,5-10,13-15,17,20-22H2,1-4H3,(H,41,48)(H,42,44)(H,43,45)(H,46,50)/t23-,29?,30?,31-,32-/m0/s1. The second kappa shape index (κ2) is 17.4. The van der Waals surface area contributed by atoms with Crippen LogP contribution in [0.3, 0.4) is 0 Å². The van der Waals surface area contributed by atoms with E-state index in [0.29, 0.717) is 56.3 Å². The number of fused-ring (bicyclic) bond motifs is 2. The fraction of sp³-hybridized carbons (Fsp3) is 0.564. The van der Waals surface area contributed by atoms with Crippen molar-refractivity contribution in [2.75, 3.05) is 47.0 Å². The van der Waals surface area contributed by atoms with E-state index in [9.17, 15) is 14.4 Å². The lowest BCUT2D eigenvalue weighted by Crippen LogP contribution is -2.54. The first kappa shape index (κ1) is 38.0. The average Bonchev–Trinajstić information content (AvgIpc) is 3.94. The number of unbranched alkanes of at least 4 members (excludes halogenated alkanes) is 1. The van der Waals surface area contributed by atoms with Gasteiger partial charge in [0.1, 0.15) is 29.2 Å². The molecule has 3 amide bonds. The molecule has 4 heterocycles. The number of nitrogens with one attached hydrogen (secondary N) is 4. The van der Waals surface area contributed by atoms with Gasteiger partial charge in [-0.1, -0.05) is 26.3 Å². The van der Waals surface area contributed by atoms with E-state index in [2.05, 4.69) is 46.2 Å². The Bertz CT molecular complexity index is 1730. The lowest BCUT2D eigenvalue weighted by atomic mass is 9.94. The van der Waals surface area contributed by atoms with Crippen molar-refractivity contribution >= 4 is 29.6 Å². The first-order chi connectivity index (χ1) is 25.7. The molecule has 286 valence electrons. The molecule has 0 aromatic heterocycles. The van der Waals surface area contributed by atoms with Gasteiger partial charge in [-0.15, -0.1) is 0 Å². The van der Waals surface area contributed by atoms with E-state index in [1.165, 1.54) is 14.2 Å². The van der Waals surface area contributed by atoms with Crippen LogP contribution in [0.1, 0.15) is 93.1 Å². The quantitative estimate of drug-likeness (QED) is 0.164. The number of nitrogens with zero attached hydrogens (tertiary/aromatic N) is 3. The van der Waals surface area contributed by atoms with Crippen LogP contribution in [0.2, 0.25) is 0 Å². The SMILES string of the molecule is CC[C@H](C)CC(=O)NCCCCC1=NCC(c2cc3c(cc2F)Cc2cc(C4CN=C([C@@H]5CCCN5C(=O)[C@H](COC)NC(=O)OC)N4)ccc2O3)N1. The molecule has 4 aliphatic heterocycles. The molecular weight excluding hydrogens is 681 g/mol. The van der Waals surface area contributed by atoms with Gasteiger partial charge in [0.05, 0.1) is 50.8 Å². The maximum atomic E-state index is 15.6. The summed E-state index contributed by atoms with van der Waals surface area (Å²) in [4.78, 5) is 48.5. The molecule has 0 saturated carbocycles. The molecule has 0 radical (unpaired) electrons. The van der Waals surface area contributed by atoms with Gasteiger partial charge in [-0.2, -0.15) is 0 Å². The zero-order valence-corrected chi connectivity index (χ0v) is 31.1. The molecule has 4 aliphatic rings. The first-order valence-electron chi connectivity index (χ1n) is 18.8. The first-order valence-corrected chi connectivity index (χ1v) is 18.8. The summed E-state index contributed by atoms with van der Waals surface area (Å²) >= 11 is 0. The van der Waals surface area contributed by atoms with Gasteiger partial charge in [0.2, 0.25) is 11.8 Å². The number of halogens is 1. The number of hydrogen-bond donors (Lipinski definition) is 4. The number of likely N-dealkylation sites (tertiary alicyclic amines) is 1. The number of amidine groups is 2.